The monoisotopic (exact) mass is 524 g/mol. The Balaban J connectivity index is 1.70. The summed E-state index contributed by atoms with van der Waals surface area (Å²) >= 11 is 0. The van der Waals surface area contributed by atoms with Gasteiger partial charge in [-0.25, -0.2) is 14.4 Å². The third-order valence-corrected chi connectivity index (χ3v) is 7.41. The van der Waals surface area contributed by atoms with Crippen LogP contribution in [0.5, 0.6) is 0 Å². The van der Waals surface area contributed by atoms with Gasteiger partial charge in [0.15, 0.2) is 0 Å². The van der Waals surface area contributed by atoms with Gasteiger partial charge in [0, 0.05) is 23.2 Å². The summed E-state index contributed by atoms with van der Waals surface area (Å²) in [5, 5.41) is 1.75. The molecule has 0 atom stereocenters. The van der Waals surface area contributed by atoms with Crippen LogP contribution < -0.4 is 0 Å². The summed E-state index contributed by atoms with van der Waals surface area (Å²) in [6.45, 7) is 0. The van der Waals surface area contributed by atoms with Crippen LogP contribution in [0.25, 0.3) is 33.2 Å². The zero-order valence-corrected chi connectivity index (χ0v) is 21.2. The molecule has 0 radical (unpaired) electrons. The summed E-state index contributed by atoms with van der Waals surface area (Å²) in [4.78, 5) is 13.0. The van der Waals surface area contributed by atoms with E-state index in [2.05, 4.69) is 50.9 Å². The van der Waals surface area contributed by atoms with Crippen LogP contribution >= 0.6 is 0 Å². The average molecular weight is 525 g/mol. The predicted octanol–water partition coefficient (Wildman–Crippen LogP) is 7.76. The topological polar surface area (TPSA) is 43.6 Å². The van der Waals surface area contributed by atoms with Gasteiger partial charge in [0.2, 0.25) is 5.95 Å². The predicted molar refractivity (Wildman–Crippen MR) is 153 cm³/mol. The summed E-state index contributed by atoms with van der Waals surface area (Å²) in [7, 11) is 0. The molecule has 0 aliphatic heterocycles. The molecule has 7 aromatic rings. The van der Waals surface area contributed by atoms with Crippen molar-refractivity contribution in [3.05, 3.63) is 162 Å². The number of benzene rings is 3. The fourth-order valence-electron chi connectivity index (χ4n) is 5.75. The molecule has 0 N–H and O–H groups in total. The number of pyridine rings is 3. The molecule has 192 valence electrons. The number of aromatic nitrogens is 4. The lowest BCUT2D eigenvalue weighted by Crippen LogP contribution is -2.37. The molecule has 6 heteroatoms. The van der Waals surface area contributed by atoms with Gasteiger partial charge in [0.05, 0.1) is 23.0 Å². The Morgan fingerprint density at radius 2 is 1.23 bits per heavy atom. The van der Waals surface area contributed by atoms with Crippen molar-refractivity contribution in [1.29, 1.82) is 0 Å². The van der Waals surface area contributed by atoms with Crippen LogP contribution in [0.3, 0.4) is 0 Å². The van der Waals surface area contributed by atoms with Crippen molar-refractivity contribution >= 4 is 21.9 Å². The lowest BCUT2D eigenvalue weighted by molar-refractivity contribution is 0.545. The Kier molecular flexibility index (Phi) is 5.67. The number of hydrogen-bond donors (Lipinski definition) is 0. The molecule has 0 aliphatic rings. The summed E-state index contributed by atoms with van der Waals surface area (Å²) in [5.74, 6) is -1.41. The first kappa shape index (κ1) is 23.9. The number of fused-ring (bicyclic) bond motifs is 3. The van der Waals surface area contributed by atoms with Crippen LogP contribution in [0.15, 0.2) is 134 Å². The molecule has 0 fully saturated rings. The van der Waals surface area contributed by atoms with E-state index in [-0.39, 0.29) is 11.3 Å². The van der Waals surface area contributed by atoms with Crippen molar-refractivity contribution < 1.29 is 8.78 Å². The van der Waals surface area contributed by atoms with E-state index < -0.39 is 17.3 Å². The third kappa shape index (κ3) is 3.61. The van der Waals surface area contributed by atoms with E-state index in [1.54, 1.807) is 12.3 Å². The Hall–Kier alpha value is -5.23. The maximum atomic E-state index is 14.9. The average Bonchev–Trinajstić information content (AvgIpc) is 3.34. The van der Waals surface area contributed by atoms with Crippen molar-refractivity contribution in [1.82, 2.24) is 19.5 Å². The number of nitrogens with zero attached hydrogens (tertiary/aromatic N) is 4. The molecule has 3 aromatic carbocycles. The summed E-state index contributed by atoms with van der Waals surface area (Å²) < 4.78 is 31.2. The SMILES string of the molecule is Fc1cnc(F)c(-c2ccc3c4cnccc4n(C(c4ccccc4)(c4ccccc4)c4ccccc4)c3n2)c1. The first-order valence-electron chi connectivity index (χ1n) is 12.9. The van der Waals surface area contributed by atoms with Gasteiger partial charge < -0.3 is 4.57 Å². The van der Waals surface area contributed by atoms with Gasteiger partial charge in [-0.2, -0.15) is 4.39 Å². The van der Waals surface area contributed by atoms with E-state index in [1.807, 2.05) is 72.9 Å². The summed E-state index contributed by atoms with van der Waals surface area (Å²) in [6, 6.07) is 37.5. The van der Waals surface area contributed by atoms with Gasteiger partial charge in [-0.3, -0.25) is 4.98 Å². The summed E-state index contributed by atoms with van der Waals surface area (Å²) in [5.41, 5.74) is 4.01. The van der Waals surface area contributed by atoms with Crippen molar-refractivity contribution in [2.45, 2.75) is 5.54 Å². The molecular weight excluding hydrogens is 502 g/mol. The molecule has 4 aromatic heterocycles. The fraction of sp³-hybridized carbons (Fsp3) is 0.0294. The minimum atomic E-state index is -0.866. The highest BCUT2D eigenvalue weighted by molar-refractivity contribution is 6.07. The van der Waals surface area contributed by atoms with Crippen molar-refractivity contribution in [2.24, 2.45) is 0 Å². The highest BCUT2D eigenvalue weighted by atomic mass is 19.1. The Morgan fingerprint density at radius 3 is 1.82 bits per heavy atom. The normalized spacial score (nSPS) is 11.8. The van der Waals surface area contributed by atoms with Crippen LogP contribution in [-0.2, 0) is 5.54 Å². The molecular formula is C34H22F2N4. The van der Waals surface area contributed by atoms with E-state index in [0.717, 1.165) is 45.2 Å². The largest absolute Gasteiger partial charge is 0.307 e. The third-order valence-electron chi connectivity index (χ3n) is 7.41. The lowest BCUT2D eigenvalue weighted by Gasteiger charge is -2.38. The molecule has 0 amide bonds. The van der Waals surface area contributed by atoms with Crippen LogP contribution in [-0.4, -0.2) is 19.5 Å². The Labute approximate surface area is 229 Å². The second-order valence-electron chi connectivity index (χ2n) is 9.60. The molecule has 0 bridgehead atoms. The molecule has 0 aliphatic carbocycles. The highest BCUT2D eigenvalue weighted by Gasteiger charge is 2.41. The Bertz CT molecular complexity index is 1870. The molecule has 0 saturated carbocycles. The van der Waals surface area contributed by atoms with Crippen molar-refractivity contribution in [3.8, 4) is 11.3 Å². The van der Waals surface area contributed by atoms with Crippen LogP contribution in [0.4, 0.5) is 8.78 Å². The standard InChI is InChI=1S/C34H22F2N4/c35-26-20-28(32(36)38-21-26)30-17-16-27-29-22-37-19-18-31(29)40(33(27)39-30)34(23-10-4-1-5-11-23,24-12-6-2-7-13-24)25-14-8-3-9-15-25/h1-22H. The Morgan fingerprint density at radius 1 is 0.625 bits per heavy atom. The minimum Gasteiger partial charge on any atom is -0.307 e. The second kappa shape index (κ2) is 9.50. The molecule has 0 saturated heterocycles. The lowest BCUT2D eigenvalue weighted by atomic mass is 9.76. The van der Waals surface area contributed by atoms with Crippen LogP contribution in [0, 0.1) is 11.8 Å². The van der Waals surface area contributed by atoms with Crippen LogP contribution in [0.1, 0.15) is 16.7 Å². The van der Waals surface area contributed by atoms with E-state index >= 15 is 0 Å². The number of halogens is 2. The molecule has 40 heavy (non-hydrogen) atoms. The number of rotatable bonds is 5. The summed E-state index contributed by atoms with van der Waals surface area (Å²) in [6.07, 6.45) is 4.46. The van der Waals surface area contributed by atoms with Gasteiger partial charge in [-0.05, 0) is 41.0 Å². The molecule has 0 spiro atoms. The quantitative estimate of drug-likeness (QED) is 0.171. The maximum absolute atomic E-state index is 14.9. The van der Waals surface area contributed by atoms with Gasteiger partial charge in [0.25, 0.3) is 0 Å². The first-order valence-corrected chi connectivity index (χ1v) is 12.9. The van der Waals surface area contributed by atoms with Gasteiger partial charge in [-0.15, -0.1) is 0 Å². The van der Waals surface area contributed by atoms with Gasteiger partial charge in [0.1, 0.15) is 17.0 Å². The second-order valence-corrected chi connectivity index (χ2v) is 9.60. The zero-order valence-electron chi connectivity index (χ0n) is 21.2. The molecule has 4 nitrogen and oxygen atoms in total. The van der Waals surface area contributed by atoms with E-state index in [9.17, 15) is 8.78 Å². The maximum Gasteiger partial charge on any atom is 0.222 e. The van der Waals surface area contributed by atoms with E-state index in [0.29, 0.717) is 5.65 Å². The first-order chi connectivity index (χ1) is 19.7. The molecule has 0 unspecified atom stereocenters. The zero-order chi connectivity index (χ0) is 27.1. The van der Waals surface area contributed by atoms with E-state index in [1.165, 1.54) is 0 Å². The van der Waals surface area contributed by atoms with E-state index in [4.69, 9.17) is 4.98 Å². The van der Waals surface area contributed by atoms with Crippen molar-refractivity contribution in [2.75, 3.05) is 0 Å². The molecule has 7 rings (SSSR count). The van der Waals surface area contributed by atoms with Crippen LogP contribution in [0.2, 0.25) is 0 Å². The minimum absolute atomic E-state index is 0.00145. The van der Waals surface area contributed by atoms with Gasteiger partial charge >= 0.3 is 0 Å². The highest BCUT2D eigenvalue weighted by Crippen LogP contribution is 2.46. The number of hydrogen-bond acceptors (Lipinski definition) is 3. The van der Waals surface area contributed by atoms with Crippen molar-refractivity contribution in [3.63, 3.8) is 0 Å². The fourth-order valence-corrected chi connectivity index (χ4v) is 5.75. The molecule has 4 heterocycles. The van der Waals surface area contributed by atoms with Gasteiger partial charge in [-0.1, -0.05) is 91.0 Å². The smallest absolute Gasteiger partial charge is 0.222 e.